The van der Waals surface area contributed by atoms with Gasteiger partial charge in [-0.2, -0.15) is 5.01 Å². The number of nitrogens with one attached hydrogen (secondary N) is 1. The van der Waals surface area contributed by atoms with Gasteiger partial charge in [0.25, 0.3) is 18.0 Å². The molecule has 1 fully saturated rings. The van der Waals surface area contributed by atoms with Crippen LogP contribution >= 0.6 is 0 Å². The van der Waals surface area contributed by atoms with E-state index in [1.165, 1.54) is 13.2 Å². The monoisotopic (exact) mass is 292 g/mol. The van der Waals surface area contributed by atoms with Crippen LogP contribution < -0.4 is 5.43 Å². The molecule has 0 spiro atoms. The summed E-state index contributed by atoms with van der Waals surface area (Å²) >= 11 is 0. The lowest BCUT2D eigenvalue weighted by molar-refractivity contribution is -0.149. The molecule has 2 aliphatic rings. The van der Waals surface area contributed by atoms with Crippen molar-refractivity contribution in [1.82, 2.24) is 15.4 Å². The molecule has 112 valence electrons. The summed E-state index contributed by atoms with van der Waals surface area (Å²) in [6, 6.07) is 3.33. The highest BCUT2D eigenvalue weighted by Gasteiger charge is 2.39. The summed E-state index contributed by atoms with van der Waals surface area (Å²) in [4.78, 5) is 23.9. The third-order valence-electron chi connectivity index (χ3n) is 3.30. The highest BCUT2D eigenvalue weighted by molar-refractivity contribution is 5.97. The Bertz CT molecular complexity index is 563. The van der Waals surface area contributed by atoms with Gasteiger partial charge in [0.1, 0.15) is 0 Å². The highest BCUT2D eigenvalue weighted by Crippen LogP contribution is 2.18. The lowest BCUT2D eigenvalue weighted by atomic mass is 10.4. The number of carbonyl (C=O) groups is 2. The zero-order valence-electron chi connectivity index (χ0n) is 11.6. The van der Waals surface area contributed by atoms with Crippen LogP contribution in [-0.4, -0.2) is 47.0 Å². The first-order valence-electron chi connectivity index (χ1n) is 6.79. The van der Waals surface area contributed by atoms with E-state index in [2.05, 4.69) is 10.5 Å². The fourth-order valence-corrected chi connectivity index (χ4v) is 2.28. The van der Waals surface area contributed by atoms with E-state index in [1.807, 2.05) is 5.01 Å². The molecule has 1 saturated heterocycles. The molecule has 1 aromatic heterocycles. The Kier molecular flexibility index (Phi) is 3.61. The van der Waals surface area contributed by atoms with E-state index in [0.29, 0.717) is 5.76 Å². The molecule has 0 aliphatic carbocycles. The average Bonchev–Trinajstić information content (AvgIpc) is 3.19. The third kappa shape index (κ3) is 2.75. The zero-order chi connectivity index (χ0) is 14.8. The second kappa shape index (κ2) is 5.57. The van der Waals surface area contributed by atoms with E-state index in [1.54, 1.807) is 12.1 Å². The van der Waals surface area contributed by atoms with Crippen LogP contribution in [0.2, 0.25) is 0 Å². The van der Waals surface area contributed by atoms with Gasteiger partial charge in [0, 0.05) is 20.0 Å². The number of rotatable bonds is 3. The first-order chi connectivity index (χ1) is 10.1. The molecular formula is C13H16N4O4. The Labute approximate surface area is 121 Å². The molecule has 1 N–H and O–H groups in total. The maximum absolute atomic E-state index is 12.3. The van der Waals surface area contributed by atoms with E-state index in [-0.39, 0.29) is 11.8 Å². The smallest absolute Gasteiger partial charge is 0.299 e. The van der Waals surface area contributed by atoms with E-state index in [4.69, 9.17) is 9.15 Å². The highest BCUT2D eigenvalue weighted by atomic mass is 16.6. The van der Waals surface area contributed by atoms with Gasteiger partial charge in [-0.15, -0.1) is 5.10 Å². The van der Waals surface area contributed by atoms with Crippen LogP contribution in [0.25, 0.3) is 0 Å². The van der Waals surface area contributed by atoms with Crippen molar-refractivity contribution < 1.29 is 18.7 Å². The Morgan fingerprint density at radius 1 is 1.38 bits per heavy atom. The number of amides is 2. The van der Waals surface area contributed by atoms with E-state index >= 15 is 0 Å². The Morgan fingerprint density at radius 2 is 2.14 bits per heavy atom. The molecule has 8 heteroatoms. The molecule has 1 atom stereocenters. The van der Waals surface area contributed by atoms with Gasteiger partial charge in [-0.3, -0.25) is 15.0 Å². The van der Waals surface area contributed by atoms with Gasteiger partial charge in [0.05, 0.1) is 6.26 Å². The van der Waals surface area contributed by atoms with Gasteiger partial charge in [-0.05, 0) is 25.0 Å². The second-order valence-corrected chi connectivity index (χ2v) is 4.89. The Hall–Kier alpha value is -2.35. The zero-order valence-corrected chi connectivity index (χ0v) is 11.6. The summed E-state index contributed by atoms with van der Waals surface area (Å²) in [5.74, 6) is -0.301. The maximum atomic E-state index is 12.3. The van der Waals surface area contributed by atoms with Crippen LogP contribution in [0, 0.1) is 0 Å². The predicted octanol–water partition coefficient (Wildman–Crippen LogP) is 0.273. The summed E-state index contributed by atoms with van der Waals surface area (Å²) in [6.07, 6.45) is 2.44. The SMILES string of the molecule is CC(=O)N1N=C(c2ccco2)OC1C(=O)NN1CCCC1. The predicted molar refractivity (Wildman–Crippen MR) is 71.6 cm³/mol. The molecule has 0 aromatic carbocycles. The van der Waals surface area contributed by atoms with Gasteiger partial charge in [0.15, 0.2) is 5.76 Å². The Balaban J connectivity index is 1.72. The van der Waals surface area contributed by atoms with Gasteiger partial charge < -0.3 is 9.15 Å². The lowest BCUT2D eigenvalue weighted by Crippen LogP contribution is -2.50. The standard InChI is InChI=1S/C13H16N4O4/c1-9(18)17-13(11(19)14-16-6-2-3-7-16)21-12(15-17)10-5-4-8-20-10/h4-5,8,13H,2-3,6-7H2,1H3,(H,14,19). The quantitative estimate of drug-likeness (QED) is 0.864. The van der Waals surface area contributed by atoms with Gasteiger partial charge in [-0.25, -0.2) is 5.01 Å². The normalized spacial score (nSPS) is 22.0. The minimum Gasteiger partial charge on any atom is -0.459 e. The summed E-state index contributed by atoms with van der Waals surface area (Å²) in [5, 5.41) is 6.84. The minimum atomic E-state index is -1.11. The van der Waals surface area contributed by atoms with Crippen LogP contribution in [0.1, 0.15) is 25.5 Å². The first kappa shape index (κ1) is 13.6. The van der Waals surface area contributed by atoms with Crippen LogP contribution in [0.4, 0.5) is 0 Å². The van der Waals surface area contributed by atoms with Crippen molar-refractivity contribution in [2.75, 3.05) is 13.1 Å². The number of hydrazone groups is 1. The fraction of sp³-hybridized carbons (Fsp3) is 0.462. The Morgan fingerprint density at radius 3 is 2.76 bits per heavy atom. The second-order valence-electron chi connectivity index (χ2n) is 4.89. The molecule has 2 amide bonds. The molecule has 2 aliphatic heterocycles. The first-order valence-corrected chi connectivity index (χ1v) is 6.79. The van der Waals surface area contributed by atoms with Crippen molar-refractivity contribution in [3.05, 3.63) is 24.2 Å². The van der Waals surface area contributed by atoms with E-state index in [9.17, 15) is 9.59 Å². The van der Waals surface area contributed by atoms with Crippen LogP contribution in [0.15, 0.2) is 27.9 Å². The van der Waals surface area contributed by atoms with Crippen molar-refractivity contribution in [3.8, 4) is 0 Å². The number of hydrazine groups is 1. The number of nitrogens with zero attached hydrogens (tertiary/aromatic N) is 3. The number of hydrogen-bond donors (Lipinski definition) is 1. The summed E-state index contributed by atoms with van der Waals surface area (Å²) in [5.41, 5.74) is 2.74. The van der Waals surface area contributed by atoms with Crippen molar-refractivity contribution in [2.45, 2.75) is 26.0 Å². The van der Waals surface area contributed by atoms with Crippen molar-refractivity contribution >= 4 is 17.7 Å². The van der Waals surface area contributed by atoms with Crippen molar-refractivity contribution in [3.63, 3.8) is 0 Å². The summed E-state index contributed by atoms with van der Waals surface area (Å²) in [6.45, 7) is 2.92. The molecule has 8 nitrogen and oxygen atoms in total. The molecule has 3 rings (SSSR count). The van der Waals surface area contributed by atoms with Crippen LogP contribution in [-0.2, 0) is 14.3 Å². The largest absolute Gasteiger partial charge is 0.459 e. The maximum Gasteiger partial charge on any atom is 0.299 e. The van der Waals surface area contributed by atoms with Gasteiger partial charge >= 0.3 is 0 Å². The van der Waals surface area contributed by atoms with Gasteiger partial charge in [-0.1, -0.05) is 0 Å². The number of ether oxygens (including phenoxy) is 1. The number of hydrogen-bond acceptors (Lipinski definition) is 6. The lowest BCUT2D eigenvalue weighted by Gasteiger charge is -2.22. The molecular weight excluding hydrogens is 276 g/mol. The molecule has 1 aromatic rings. The number of furan rings is 1. The van der Waals surface area contributed by atoms with Crippen molar-refractivity contribution in [2.24, 2.45) is 5.10 Å². The fourth-order valence-electron chi connectivity index (χ4n) is 2.28. The van der Waals surface area contributed by atoms with E-state index < -0.39 is 12.1 Å². The topological polar surface area (TPSA) is 87.4 Å². The summed E-state index contributed by atoms with van der Waals surface area (Å²) < 4.78 is 10.6. The van der Waals surface area contributed by atoms with Crippen LogP contribution in [0.5, 0.6) is 0 Å². The molecule has 1 unspecified atom stereocenters. The summed E-state index contributed by atoms with van der Waals surface area (Å²) in [7, 11) is 0. The number of carbonyl (C=O) groups excluding carboxylic acids is 2. The molecule has 21 heavy (non-hydrogen) atoms. The third-order valence-corrected chi connectivity index (χ3v) is 3.30. The molecule has 0 radical (unpaired) electrons. The van der Waals surface area contributed by atoms with Crippen LogP contribution in [0.3, 0.4) is 0 Å². The average molecular weight is 292 g/mol. The van der Waals surface area contributed by atoms with Crippen molar-refractivity contribution in [1.29, 1.82) is 0 Å². The minimum absolute atomic E-state index is 0.122. The van der Waals surface area contributed by atoms with E-state index in [0.717, 1.165) is 30.9 Å². The molecule has 0 bridgehead atoms. The molecule has 3 heterocycles. The molecule has 0 saturated carbocycles. The van der Waals surface area contributed by atoms with Gasteiger partial charge in [0.2, 0.25) is 5.91 Å².